The molecule has 0 aliphatic heterocycles. The summed E-state index contributed by atoms with van der Waals surface area (Å²) in [5, 5.41) is 2.02. The van der Waals surface area contributed by atoms with Gasteiger partial charge in [-0.15, -0.1) is 0 Å². The number of imidazole rings is 1. The topological polar surface area (TPSA) is 61.6 Å². The van der Waals surface area contributed by atoms with E-state index < -0.39 is 60.4 Å². The van der Waals surface area contributed by atoms with Crippen molar-refractivity contribution in [3.63, 3.8) is 0 Å². The summed E-state index contributed by atoms with van der Waals surface area (Å²) in [5.41, 5.74) is 6.55. The SMILES string of the molecule is [2H]c1c([2H])c([2H])c(-c2cccc(-c3c([2H])c([2H])c([2H])c([2H])c3[2H])c2CCC[n+]2[c-]n(-c3cc(Oc4ccc5c6cnc(C)cc6n(-c6cc(C(C)(C)C)ccn6)c5c4)ccn3)c3ccccc32)c([2H])c1[2H]. The van der Waals surface area contributed by atoms with Crippen molar-refractivity contribution >= 4 is 32.8 Å². The third-order valence-corrected chi connectivity index (χ3v) is 10.9. The van der Waals surface area contributed by atoms with Crippen LogP contribution in [0.4, 0.5) is 0 Å². The van der Waals surface area contributed by atoms with Crippen molar-refractivity contribution in [2.75, 3.05) is 0 Å². The number of hydrogen-bond donors (Lipinski definition) is 0. The molecule has 7 heteroatoms. The van der Waals surface area contributed by atoms with E-state index in [4.69, 9.17) is 28.4 Å². The van der Waals surface area contributed by atoms with Crippen molar-refractivity contribution < 1.29 is 23.0 Å². The van der Waals surface area contributed by atoms with Crippen molar-refractivity contribution in [1.29, 1.82) is 0 Å². The Kier molecular flexibility index (Phi) is 7.23. The number of fused-ring (bicyclic) bond motifs is 4. The molecule has 0 fully saturated rings. The molecule has 0 bridgehead atoms. The molecule has 5 heterocycles. The lowest BCUT2D eigenvalue weighted by atomic mass is 9.88. The van der Waals surface area contributed by atoms with Crippen LogP contribution in [0.15, 0.2) is 170 Å². The summed E-state index contributed by atoms with van der Waals surface area (Å²) in [4.78, 5) is 14.2. The van der Waals surface area contributed by atoms with Gasteiger partial charge >= 0.3 is 0 Å². The van der Waals surface area contributed by atoms with Gasteiger partial charge in [0.2, 0.25) is 6.33 Å². The van der Waals surface area contributed by atoms with E-state index in [9.17, 15) is 0 Å². The van der Waals surface area contributed by atoms with Crippen molar-refractivity contribution in [1.82, 2.24) is 24.1 Å². The maximum atomic E-state index is 8.85. The van der Waals surface area contributed by atoms with Gasteiger partial charge < -0.3 is 13.9 Å². The summed E-state index contributed by atoms with van der Waals surface area (Å²) < 4.78 is 98.2. The van der Waals surface area contributed by atoms with Gasteiger partial charge in [-0.3, -0.25) is 14.5 Å². The first-order valence-electron chi connectivity index (χ1n) is 25.1. The monoisotopic (exact) mass is 804 g/mol. The number of rotatable bonds is 10. The van der Waals surface area contributed by atoms with Crippen LogP contribution in [0.25, 0.3) is 66.7 Å². The van der Waals surface area contributed by atoms with E-state index in [2.05, 4.69) is 54.8 Å². The number of para-hydroxylation sites is 2. The summed E-state index contributed by atoms with van der Waals surface area (Å²) in [6.07, 6.45) is 9.56. The van der Waals surface area contributed by atoms with Crippen molar-refractivity contribution in [3.8, 4) is 45.4 Å². The molecule has 0 aliphatic carbocycles. The molecular weight excluding hydrogens is 749 g/mol. The predicted molar refractivity (Wildman–Crippen MR) is 246 cm³/mol. The van der Waals surface area contributed by atoms with Crippen LogP contribution < -0.4 is 9.30 Å². The second-order valence-electron chi connectivity index (χ2n) is 16.0. The minimum atomic E-state index is -0.535. The second kappa shape index (κ2) is 15.7. The van der Waals surface area contributed by atoms with Crippen LogP contribution in [0.2, 0.25) is 0 Å². The molecule has 0 unspecified atom stereocenters. The van der Waals surface area contributed by atoms with Crippen LogP contribution in [-0.2, 0) is 18.4 Å². The van der Waals surface area contributed by atoms with Crippen LogP contribution in [0.1, 0.15) is 57.7 Å². The molecule has 0 spiro atoms. The van der Waals surface area contributed by atoms with E-state index in [-0.39, 0.29) is 23.0 Å². The number of aromatic nitrogens is 6. The number of nitrogens with zero attached hydrogens (tertiary/aromatic N) is 6. The third kappa shape index (κ3) is 7.33. The molecule has 5 aromatic carbocycles. The highest BCUT2D eigenvalue weighted by Gasteiger charge is 2.20. The van der Waals surface area contributed by atoms with E-state index in [0.29, 0.717) is 47.0 Å². The van der Waals surface area contributed by atoms with Gasteiger partial charge in [0.1, 0.15) is 23.1 Å². The molecule has 10 aromatic rings. The van der Waals surface area contributed by atoms with Crippen LogP contribution in [0.5, 0.6) is 11.5 Å². The summed E-state index contributed by atoms with van der Waals surface area (Å²) in [6.45, 7) is 8.91. The zero-order valence-corrected chi connectivity index (χ0v) is 34.1. The highest BCUT2D eigenvalue weighted by atomic mass is 16.5. The fourth-order valence-corrected chi connectivity index (χ4v) is 7.99. The Bertz CT molecular complexity index is 3660. The zero-order chi connectivity index (χ0) is 50.2. The van der Waals surface area contributed by atoms with Crippen LogP contribution in [0.3, 0.4) is 0 Å². The molecule has 0 atom stereocenters. The number of pyridine rings is 3. The lowest BCUT2D eigenvalue weighted by Gasteiger charge is -2.20. The summed E-state index contributed by atoms with van der Waals surface area (Å²) in [6, 6.07) is 23.9. The van der Waals surface area contributed by atoms with E-state index in [0.717, 1.165) is 49.9 Å². The Morgan fingerprint density at radius 3 is 2.11 bits per heavy atom. The molecule has 0 saturated heterocycles. The van der Waals surface area contributed by atoms with Gasteiger partial charge in [-0.05, 0) is 95.0 Å². The molecule has 7 nitrogen and oxygen atoms in total. The Morgan fingerprint density at radius 2 is 1.36 bits per heavy atom. The molecule has 298 valence electrons. The van der Waals surface area contributed by atoms with Crippen LogP contribution in [0, 0.1) is 13.3 Å². The smallest absolute Gasteiger partial charge is 0.245 e. The zero-order valence-electron chi connectivity index (χ0n) is 44.1. The largest absolute Gasteiger partial charge is 0.458 e. The van der Waals surface area contributed by atoms with E-state index in [1.807, 2.05) is 77.0 Å². The summed E-state index contributed by atoms with van der Waals surface area (Å²) in [7, 11) is 0. The first-order valence-corrected chi connectivity index (χ1v) is 20.1. The minimum absolute atomic E-state index is 0.0400. The molecule has 0 N–H and O–H groups in total. The first-order chi connectivity index (χ1) is 33.9. The van der Waals surface area contributed by atoms with Gasteiger partial charge in [0.15, 0.2) is 0 Å². The Balaban J connectivity index is 1.00. The van der Waals surface area contributed by atoms with Crippen molar-refractivity contribution in [3.05, 3.63) is 193 Å². The first kappa shape index (κ1) is 28.2. The van der Waals surface area contributed by atoms with Crippen LogP contribution in [-0.4, -0.2) is 24.1 Å². The Hall–Kier alpha value is -7.38. The molecule has 61 heavy (non-hydrogen) atoms. The normalized spacial score (nSPS) is 14.1. The standard InChI is InChI=1S/C54H46N6O/c1-37-31-50-47(35-57-37)46-25-24-41(33-51(46)60(50)53-32-40(26-28-56-53)54(2,3)4)61-42-27-29-55-52(34-42)59-36-58(48-22-11-12-23-49(48)59)30-14-21-45-43(38-15-7-5-8-16-38)19-13-20-44(45)39-17-9-6-10-18-39/h5-13,15-20,22-29,31-35H,14,21,30H2,1-4H3/i5D,6D,7D,8D,9D,10D,15D,16D,17D,18D. The van der Waals surface area contributed by atoms with Gasteiger partial charge in [-0.2, -0.15) is 0 Å². The number of ether oxygens (including phenoxy) is 1. The molecule has 10 rings (SSSR count). The highest BCUT2D eigenvalue weighted by molar-refractivity contribution is 6.09. The van der Waals surface area contributed by atoms with Gasteiger partial charge in [0.05, 0.1) is 42.3 Å². The molecule has 5 aromatic heterocycles. The molecule has 0 aliphatic rings. The van der Waals surface area contributed by atoms with Gasteiger partial charge in [-0.25, -0.2) is 4.98 Å². The van der Waals surface area contributed by atoms with Gasteiger partial charge in [-0.1, -0.05) is 124 Å². The maximum Gasteiger partial charge on any atom is 0.245 e. The Labute approximate surface area is 370 Å². The Morgan fingerprint density at radius 1 is 0.672 bits per heavy atom. The number of aryl methyl sites for hydroxylation is 2. The van der Waals surface area contributed by atoms with Gasteiger partial charge in [0.25, 0.3) is 0 Å². The fraction of sp³-hybridized carbons (Fsp3) is 0.148. The van der Waals surface area contributed by atoms with Crippen LogP contribution >= 0.6 is 0 Å². The van der Waals surface area contributed by atoms with E-state index >= 15 is 0 Å². The maximum absolute atomic E-state index is 8.85. The minimum Gasteiger partial charge on any atom is -0.458 e. The highest BCUT2D eigenvalue weighted by Crippen LogP contribution is 2.37. The van der Waals surface area contributed by atoms with E-state index in [1.165, 1.54) is 0 Å². The average Bonchev–Trinajstić information content (AvgIpc) is 3.89. The second-order valence-corrected chi connectivity index (χ2v) is 16.0. The van der Waals surface area contributed by atoms with Crippen molar-refractivity contribution in [2.24, 2.45) is 0 Å². The molecule has 0 amide bonds. The predicted octanol–water partition coefficient (Wildman–Crippen LogP) is 12.4. The third-order valence-electron chi connectivity index (χ3n) is 10.9. The molecule has 0 radical (unpaired) electrons. The lowest BCUT2D eigenvalue weighted by Crippen LogP contribution is -2.33. The lowest BCUT2D eigenvalue weighted by molar-refractivity contribution is -0.676. The van der Waals surface area contributed by atoms with Gasteiger partial charge in [0, 0.05) is 47.2 Å². The quantitative estimate of drug-likeness (QED) is 0.102. The molecule has 0 saturated carbocycles. The fourth-order valence-electron chi connectivity index (χ4n) is 7.99. The van der Waals surface area contributed by atoms with E-state index in [1.54, 1.807) is 30.5 Å². The summed E-state index contributed by atoms with van der Waals surface area (Å²) in [5.74, 6) is 2.50. The number of benzene rings is 5. The summed E-state index contributed by atoms with van der Waals surface area (Å²) >= 11 is 0. The molecular formula is C54H46N6O. The number of hydrogen-bond acceptors (Lipinski definition) is 4. The average molecular weight is 805 g/mol. The van der Waals surface area contributed by atoms with Crippen molar-refractivity contribution in [2.45, 2.75) is 52.5 Å².